The third kappa shape index (κ3) is 3.24. The molecule has 146 valence electrons. The van der Waals surface area contributed by atoms with Crippen molar-refractivity contribution in [2.24, 2.45) is 0 Å². The van der Waals surface area contributed by atoms with Gasteiger partial charge in [0.25, 0.3) is 0 Å². The summed E-state index contributed by atoms with van der Waals surface area (Å²) in [6.45, 7) is 0.553. The van der Waals surface area contributed by atoms with Gasteiger partial charge in [-0.05, 0) is 48.4 Å². The first-order valence-corrected chi connectivity index (χ1v) is 9.52. The second-order valence-corrected chi connectivity index (χ2v) is 7.13. The van der Waals surface area contributed by atoms with Crippen LogP contribution in [-0.2, 0) is 16.1 Å². The number of ether oxygens (including phenoxy) is 2. The Balaban J connectivity index is 1.36. The summed E-state index contributed by atoms with van der Waals surface area (Å²) in [6, 6.07) is 14.4. The highest BCUT2D eigenvalue weighted by molar-refractivity contribution is 6.04. The van der Waals surface area contributed by atoms with Crippen LogP contribution >= 0.6 is 0 Å². The zero-order valence-electron chi connectivity index (χ0n) is 15.6. The SMILES string of the molecule is O=C(Nc1cccc2ncccc12)C1CCC(=O)N1Cc1ccc2c(c1)OCO2. The number of carbonyl (C=O) groups excluding carboxylic acids is 2. The molecule has 1 N–H and O–H groups in total. The maximum atomic E-state index is 13.0. The fraction of sp³-hybridized carbons (Fsp3) is 0.227. The topological polar surface area (TPSA) is 80.8 Å². The standard InChI is InChI=1S/C22H19N3O4/c26-21-9-7-18(25(21)12-14-6-8-19-20(11-14)29-13-28-19)22(27)24-17-5-1-4-16-15(17)3-2-10-23-16/h1-6,8,10-11,18H,7,9,12-13H2,(H,24,27). The molecule has 3 aromatic rings. The minimum atomic E-state index is -0.514. The number of fused-ring (bicyclic) bond motifs is 2. The molecule has 1 saturated heterocycles. The van der Waals surface area contributed by atoms with Gasteiger partial charge in [0.1, 0.15) is 6.04 Å². The van der Waals surface area contributed by atoms with E-state index in [0.717, 1.165) is 16.5 Å². The maximum Gasteiger partial charge on any atom is 0.247 e. The van der Waals surface area contributed by atoms with Crippen LogP contribution in [0.5, 0.6) is 11.5 Å². The van der Waals surface area contributed by atoms with Crippen molar-refractivity contribution in [2.75, 3.05) is 12.1 Å². The molecule has 7 heteroatoms. The Morgan fingerprint density at radius 2 is 2.03 bits per heavy atom. The van der Waals surface area contributed by atoms with Gasteiger partial charge in [-0.1, -0.05) is 12.1 Å². The average Bonchev–Trinajstić information content (AvgIpc) is 3.35. The quantitative estimate of drug-likeness (QED) is 0.742. The van der Waals surface area contributed by atoms with E-state index in [2.05, 4.69) is 10.3 Å². The van der Waals surface area contributed by atoms with Crippen LogP contribution in [0.3, 0.4) is 0 Å². The van der Waals surface area contributed by atoms with Crippen molar-refractivity contribution in [1.29, 1.82) is 0 Å². The van der Waals surface area contributed by atoms with Crippen molar-refractivity contribution in [2.45, 2.75) is 25.4 Å². The third-order valence-electron chi connectivity index (χ3n) is 5.32. The number of hydrogen-bond donors (Lipinski definition) is 1. The van der Waals surface area contributed by atoms with E-state index >= 15 is 0 Å². The normalized spacial score (nSPS) is 17.7. The Bertz CT molecular complexity index is 1110. The van der Waals surface area contributed by atoms with Crippen molar-refractivity contribution in [3.05, 3.63) is 60.3 Å². The summed E-state index contributed by atoms with van der Waals surface area (Å²) in [4.78, 5) is 31.4. The summed E-state index contributed by atoms with van der Waals surface area (Å²) in [5.74, 6) is 1.15. The highest BCUT2D eigenvalue weighted by atomic mass is 16.7. The molecule has 0 saturated carbocycles. The van der Waals surface area contributed by atoms with E-state index in [0.29, 0.717) is 36.6 Å². The van der Waals surface area contributed by atoms with Gasteiger partial charge in [-0.3, -0.25) is 14.6 Å². The van der Waals surface area contributed by atoms with Crippen LogP contribution < -0.4 is 14.8 Å². The number of anilines is 1. The van der Waals surface area contributed by atoms with Crippen LogP contribution in [0.4, 0.5) is 5.69 Å². The number of likely N-dealkylation sites (tertiary alicyclic amines) is 1. The first kappa shape index (κ1) is 17.5. The molecule has 0 bridgehead atoms. The van der Waals surface area contributed by atoms with Gasteiger partial charge in [0.2, 0.25) is 18.6 Å². The van der Waals surface area contributed by atoms with Gasteiger partial charge in [-0.2, -0.15) is 0 Å². The number of carbonyl (C=O) groups is 2. The van der Waals surface area contributed by atoms with E-state index in [1.165, 1.54) is 0 Å². The molecule has 1 unspecified atom stereocenters. The molecule has 1 fully saturated rings. The zero-order chi connectivity index (χ0) is 19.8. The van der Waals surface area contributed by atoms with Crippen LogP contribution in [0.1, 0.15) is 18.4 Å². The number of nitrogens with zero attached hydrogens (tertiary/aromatic N) is 2. The zero-order valence-corrected chi connectivity index (χ0v) is 15.6. The summed E-state index contributed by atoms with van der Waals surface area (Å²) in [5.41, 5.74) is 2.41. The molecule has 0 radical (unpaired) electrons. The number of rotatable bonds is 4. The molecule has 5 rings (SSSR count). The third-order valence-corrected chi connectivity index (χ3v) is 5.32. The smallest absolute Gasteiger partial charge is 0.247 e. The lowest BCUT2D eigenvalue weighted by molar-refractivity contribution is -0.133. The molecular weight excluding hydrogens is 370 g/mol. The van der Waals surface area contributed by atoms with Gasteiger partial charge < -0.3 is 19.7 Å². The lowest BCUT2D eigenvalue weighted by Crippen LogP contribution is -2.41. The number of benzene rings is 2. The molecule has 2 amide bonds. The fourth-order valence-corrected chi connectivity index (χ4v) is 3.87. The van der Waals surface area contributed by atoms with E-state index < -0.39 is 6.04 Å². The Morgan fingerprint density at radius 1 is 1.14 bits per heavy atom. The monoisotopic (exact) mass is 389 g/mol. The predicted octanol–water partition coefficient (Wildman–Crippen LogP) is 3.09. The highest BCUT2D eigenvalue weighted by Crippen LogP contribution is 2.34. The van der Waals surface area contributed by atoms with Crippen molar-refractivity contribution in [1.82, 2.24) is 9.88 Å². The Kier molecular flexibility index (Phi) is 4.27. The molecule has 0 spiro atoms. The van der Waals surface area contributed by atoms with Gasteiger partial charge in [0.15, 0.2) is 11.5 Å². The number of aromatic nitrogens is 1. The van der Waals surface area contributed by atoms with Gasteiger partial charge in [0, 0.05) is 24.5 Å². The lowest BCUT2D eigenvalue weighted by Gasteiger charge is -2.24. The first-order chi connectivity index (χ1) is 14.2. The second kappa shape index (κ2) is 7.09. The van der Waals surface area contributed by atoms with Crippen molar-refractivity contribution in [3.8, 4) is 11.5 Å². The average molecular weight is 389 g/mol. The number of hydrogen-bond acceptors (Lipinski definition) is 5. The first-order valence-electron chi connectivity index (χ1n) is 9.52. The van der Waals surface area contributed by atoms with E-state index in [4.69, 9.17) is 9.47 Å². The van der Waals surface area contributed by atoms with Gasteiger partial charge in [-0.25, -0.2) is 0 Å². The van der Waals surface area contributed by atoms with Gasteiger partial charge in [0.05, 0.1) is 11.2 Å². The number of amides is 2. The highest BCUT2D eigenvalue weighted by Gasteiger charge is 2.36. The Morgan fingerprint density at radius 3 is 2.97 bits per heavy atom. The summed E-state index contributed by atoms with van der Waals surface area (Å²) < 4.78 is 10.7. The largest absolute Gasteiger partial charge is 0.454 e. The Hall–Kier alpha value is -3.61. The molecule has 1 aromatic heterocycles. The molecule has 7 nitrogen and oxygen atoms in total. The van der Waals surface area contributed by atoms with Crippen molar-refractivity contribution < 1.29 is 19.1 Å². The number of nitrogens with one attached hydrogen (secondary N) is 1. The molecule has 2 aliphatic heterocycles. The Labute approximate surface area is 167 Å². The lowest BCUT2D eigenvalue weighted by atomic mass is 10.1. The van der Waals surface area contributed by atoms with Crippen LogP contribution in [0.15, 0.2) is 54.7 Å². The summed E-state index contributed by atoms with van der Waals surface area (Å²) in [7, 11) is 0. The van der Waals surface area contributed by atoms with E-state index in [9.17, 15) is 9.59 Å². The fourth-order valence-electron chi connectivity index (χ4n) is 3.87. The second-order valence-electron chi connectivity index (χ2n) is 7.13. The molecule has 3 heterocycles. The maximum absolute atomic E-state index is 13.0. The predicted molar refractivity (Wildman–Crippen MR) is 107 cm³/mol. The molecule has 1 atom stereocenters. The minimum Gasteiger partial charge on any atom is -0.454 e. The van der Waals surface area contributed by atoms with Crippen molar-refractivity contribution >= 4 is 28.4 Å². The summed E-state index contributed by atoms with van der Waals surface area (Å²) in [5, 5.41) is 3.86. The van der Waals surface area contributed by atoms with Crippen LogP contribution in [0, 0.1) is 0 Å². The minimum absolute atomic E-state index is 0.0256. The molecular formula is C22H19N3O4. The molecule has 0 aliphatic carbocycles. The van der Waals surface area contributed by atoms with Crippen LogP contribution in [0.25, 0.3) is 10.9 Å². The molecule has 29 heavy (non-hydrogen) atoms. The van der Waals surface area contributed by atoms with E-state index in [1.807, 2.05) is 48.5 Å². The molecule has 2 aromatic carbocycles. The van der Waals surface area contributed by atoms with Gasteiger partial charge in [-0.15, -0.1) is 0 Å². The summed E-state index contributed by atoms with van der Waals surface area (Å²) in [6.07, 6.45) is 2.58. The van der Waals surface area contributed by atoms with Gasteiger partial charge >= 0.3 is 0 Å². The van der Waals surface area contributed by atoms with E-state index in [-0.39, 0.29) is 18.6 Å². The molecule has 2 aliphatic rings. The van der Waals surface area contributed by atoms with Crippen LogP contribution in [-0.4, -0.2) is 34.5 Å². The summed E-state index contributed by atoms with van der Waals surface area (Å²) >= 11 is 0. The van der Waals surface area contributed by atoms with E-state index in [1.54, 1.807) is 11.1 Å². The van der Waals surface area contributed by atoms with Crippen LogP contribution in [0.2, 0.25) is 0 Å². The number of pyridine rings is 1. The van der Waals surface area contributed by atoms with Crippen molar-refractivity contribution in [3.63, 3.8) is 0 Å².